The number of aromatic nitrogens is 2. The number of carboxylic acid groups (broad SMARTS) is 1. The molecule has 1 N–H and O–H groups in total. The van der Waals surface area contributed by atoms with Gasteiger partial charge in [-0.1, -0.05) is 11.6 Å². The summed E-state index contributed by atoms with van der Waals surface area (Å²) in [5.41, 5.74) is -0.0707. The summed E-state index contributed by atoms with van der Waals surface area (Å²) in [6.45, 7) is 0. The minimum absolute atomic E-state index is 0.264. The van der Waals surface area contributed by atoms with Gasteiger partial charge in [-0.3, -0.25) is 4.40 Å². The zero-order chi connectivity index (χ0) is 11.0. The molecule has 0 aliphatic carbocycles. The van der Waals surface area contributed by atoms with E-state index in [2.05, 4.69) is 10.2 Å². The molecule has 2 rings (SSSR count). The highest BCUT2D eigenvalue weighted by Crippen LogP contribution is 2.22. The molecule has 0 fully saturated rings. The Balaban J connectivity index is 2.85. The fraction of sp³-hybridized carbons (Fsp3) is 0. The normalized spacial score (nSPS) is 10.5. The SMILES string of the molecule is O=Nc1c(C(=O)O)nc2ccc(Cl)cn12. The van der Waals surface area contributed by atoms with Gasteiger partial charge in [-0.2, -0.15) is 0 Å². The quantitative estimate of drug-likeness (QED) is 0.793. The molecule has 2 aromatic rings. The summed E-state index contributed by atoms with van der Waals surface area (Å²) in [4.78, 5) is 25.0. The van der Waals surface area contributed by atoms with Crippen molar-refractivity contribution in [3.05, 3.63) is 34.0 Å². The third-order valence-electron chi connectivity index (χ3n) is 1.85. The van der Waals surface area contributed by atoms with Crippen molar-refractivity contribution < 1.29 is 9.90 Å². The Bertz CT molecular complexity index is 564. The maximum Gasteiger partial charge on any atom is 0.358 e. The molecule has 0 aliphatic rings. The van der Waals surface area contributed by atoms with E-state index in [1.807, 2.05) is 0 Å². The molecule has 0 unspecified atom stereocenters. The molecule has 0 atom stereocenters. The minimum atomic E-state index is -1.30. The summed E-state index contributed by atoms with van der Waals surface area (Å²) in [5, 5.41) is 11.8. The van der Waals surface area contributed by atoms with Crippen LogP contribution in [0.4, 0.5) is 5.82 Å². The highest BCUT2D eigenvalue weighted by Gasteiger charge is 2.18. The number of nitrogens with zero attached hydrogens (tertiary/aromatic N) is 3. The number of imidazole rings is 1. The molecule has 0 aliphatic heterocycles. The van der Waals surface area contributed by atoms with Crippen LogP contribution in [0.25, 0.3) is 5.65 Å². The lowest BCUT2D eigenvalue weighted by molar-refractivity contribution is 0.0692. The number of rotatable bonds is 2. The summed E-state index contributed by atoms with van der Waals surface area (Å²) >= 11 is 5.70. The van der Waals surface area contributed by atoms with E-state index >= 15 is 0 Å². The Hall–Kier alpha value is -1.95. The third kappa shape index (κ3) is 1.44. The molecule has 2 aromatic heterocycles. The summed E-state index contributed by atoms with van der Waals surface area (Å²) < 4.78 is 1.23. The first kappa shape index (κ1) is 9.60. The Morgan fingerprint density at radius 2 is 2.27 bits per heavy atom. The lowest BCUT2D eigenvalue weighted by atomic mass is 10.4. The molecule has 76 valence electrons. The standard InChI is InChI=1S/C8H4ClN3O3/c9-4-1-2-5-10-6(8(13)14)7(11-15)12(5)3-4/h1-3H,(H,13,14). The number of hydrogen-bond donors (Lipinski definition) is 1. The average molecular weight is 226 g/mol. The molecule has 6 nitrogen and oxygen atoms in total. The fourth-order valence-corrected chi connectivity index (χ4v) is 1.40. The van der Waals surface area contributed by atoms with E-state index in [0.29, 0.717) is 10.7 Å². The Labute approximate surface area is 88.1 Å². The Kier molecular flexibility index (Phi) is 2.12. The van der Waals surface area contributed by atoms with Crippen molar-refractivity contribution in [1.29, 1.82) is 0 Å². The van der Waals surface area contributed by atoms with Gasteiger partial charge in [0.1, 0.15) is 5.65 Å². The molecule has 0 bridgehead atoms. The summed E-state index contributed by atoms with van der Waals surface area (Å²) in [5.74, 6) is -1.57. The molecule has 0 radical (unpaired) electrons. The van der Waals surface area contributed by atoms with E-state index in [0.717, 1.165) is 0 Å². The number of nitroso groups, excluding NO2 is 1. The summed E-state index contributed by atoms with van der Waals surface area (Å²) in [6, 6.07) is 3.05. The highest BCUT2D eigenvalue weighted by atomic mass is 35.5. The van der Waals surface area contributed by atoms with E-state index in [4.69, 9.17) is 16.7 Å². The first-order valence-electron chi connectivity index (χ1n) is 3.87. The van der Waals surface area contributed by atoms with Gasteiger partial charge < -0.3 is 5.11 Å². The maximum absolute atomic E-state index is 10.7. The largest absolute Gasteiger partial charge is 0.476 e. The van der Waals surface area contributed by atoms with Crippen molar-refractivity contribution in [3.8, 4) is 0 Å². The maximum atomic E-state index is 10.7. The molecule has 2 heterocycles. The van der Waals surface area contributed by atoms with Gasteiger partial charge >= 0.3 is 5.97 Å². The summed E-state index contributed by atoms with van der Waals surface area (Å²) in [6.07, 6.45) is 1.38. The van der Waals surface area contributed by atoms with Crippen molar-refractivity contribution in [1.82, 2.24) is 9.38 Å². The molecule has 7 heteroatoms. The number of fused-ring (bicyclic) bond motifs is 1. The minimum Gasteiger partial charge on any atom is -0.476 e. The molecule has 15 heavy (non-hydrogen) atoms. The number of halogens is 1. The lowest BCUT2D eigenvalue weighted by Gasteiger charge is -1.94. The number of pyridine rings is 1. The van der Waals surface area contributed by atoms with Gasteiger partial charge in [0.2, 0.25) is 5.82 Å². The first-order valence-corrected chi connectivity index (χ1v) is 4.25. The highest BCUT2D eigenvalue weighted by molar-refractivity contribution is 6.30. The second kappa shape index (κ2) is 3.32. The molecular weight excluding hydrogens is 222 g/mol. The number of carbonyl (C=O) groups is 1. The number of carboxylic acids is 1. The number of aromatic carboxylic acids is 1. The molecule has 0 saturated heterocycles. The molecule has 0 saturated carbocycles. The van der Waals surface area contributed by atoms with Gasteiger partial charge in [0.25, 0.3) is 0 Å². The van der Waals surface area contributed by atoms with E-state index in [1.165, 1.54) is 16.7 Å². The van der Waals surface area contributed by atoms with Gasteiger partial charge in [0.15, 0.2) is 5.69 Å². The van der Waals surface area contributed by atoms with Crippen LogP contribution >= 0.6 is 11.6 Å². The van der Waals surface area contributed by atoms with E-state index < -0.39 is 5.97 Å². The zero-order valence-corrected chi connectivity index (χ0v) is 7.97. The van der Waals surface area contributed by atoms with Crippen LogP contribution in [0.3, 0.4) is 0 Å². The van der Waals surface area contributed by atoms with Crippen molar-refractivity contribution in [2.24, 2.45) is 5.18 Å². The number of hydrogen-bond acceptors (Lipinski definition) is 4. The van der Waals surface area contributed by atoms with Crippen LogP contribution in [-0.2, 0) is 0 Å². The second-order valence-corrected chi connectivity index (χ2v) is 3.19. The van der Waals surface area contributed by atoms with E-state index in [1.54, 1.807) is 6.07 Å². The van der Waals surface area contributed by atoms with Crippen molar-refractivity contribution >= 4 is 29.0 Å². The molecule has 0 aromatic carbocycles. The van der Waals surface area contributed by atoms with Crippen molar-refractivity contribution in [2.45, 2.75) is 0 Å². The van der Waals surface area contributed by atoms with Crippen molar-refractivity contribution in [3.63, 3.8) is 0 Å². The van der Waals surface area contributed by atoms with Gasteiger partial charge in [0, 0.05) is 6.20 Å². The molecular formula is C8H4ClN3O3. The smallest absolute Gasteiger partial charge is 0.358 e. The van der Waals surface area contributed by atoms with Crippen LogP contribution in [0.1, 0.15) is 10.5 Å². The average Bonchev–Trinajstić information content (AvgIpc) is 2.55. The Morgan fingerprint density at radius 3 is 2.87 bits per heavy atom. The predicted molar refractivity (Wildman–Crippen MR) is 52.6 cm³/mol. The topological polar surface area (TPSA) is 84.0 Å². The monoisotopic (exact) mass is 225 g/mol. The van der Waals surface area contributed by atoms with Gasteiger partial charge in [-0.25, -0.2) is 9.78 Å². The van der Waals surface area contributed by atoms with Gasteiger partial charge in [-0.15, -0.1) is 4.91 Å². The second-order valence-electron chi connectivity index (χ2n) is 2.76. The lowest BCUT2D eigenvalue weighted by Crippen LogP contribution is -1.96. The predicted octanol–water partition coefficient (Wildman–Crippen LogP) is 2.08. The van der Waals surface area contributed by atoms with Crippen molar-refractivity contribution in [2.75, 3.05) is 0 Å². The Morgan fingerprint density at radius 1 is 1.53 bits per heavy atom. The third-order valence-corrected chi connectivity index (χ3v) is 2.07. The fourth-order valence-electron chi connectivity index (χ4n) is 1.24. The van der Waals surface area contributed by atoms with Crippen LogP contribution in [-0.4, -0.2) is 20.5 Å². The molecule has 0 spiro atoms. The van der Waals surface area contributed by atoms with E-state index in [9.17, 15) is 9.70 Å². The van der Waals surface area contributed by atoms with Gasteiger partial charge in [-0.05, 0) is 17.3 Å². The van der Waals surface area contributed by atoms with E-state index in [-0.39, 0.29) is 11.5 Å². The summed E-state index contributed by atoms with van der Waals surface area (Å²) in [7, 11) is 0. The van der Waals surface area contributed by atoms with Crippen LogP contribution in [0.2, 0.25) is 5.02 Å². The van der Waals surface area contributed by atoms with Crippen LogP contribution in [0.15, 0.2) is 23.5 Å². The zero-order valence-electron chi connectivity index (χ0n) is 7.22. The first-order chi connectivity index (χ1) is 7.13. The van der Waals surface area contributed by atoms with Crippen LogP contribution < -0.4 is 0 Å². The van der Waals surface area contributed by atoms with Crippen LogP contribution in [0.5, 0.6) is 0 Å². The van der Waals surface area contributed by atoms with Gasteiger partial charge in [0.05, 0.1) is 5.02 Å². The molecule has 0 amide bonds. The van der Waals surface area contributed by atoms with Crippen LogP contribution in [0, 0.1) is 4.91 Å².